The minimum atomic E-state index is -0.296. The molecule has 0 aliphatic heterocycles. The number of carbonyl (C=O) groups is 1. The van der Waals surface area contributed by atoms with Gasteiger partial charge in [0.25, 0.3) is 0 Å². The number of rotatable bonds is 5. The Hall–Kier alpha value is -3.06. The lowest BCUT2D eigenvalue weighted by molar-refractivity contribution is -0.122. The molecule has 2 aromatic carbocycles. The zero-order chi connectivity index (χ0) is 18.8. The standard InChI is InChI=1S/C20H17FN4OS/c1-13(14-6-8-15(21)9-7-14)23-19(26)10-25-18-5-3-2-4-16(18)24-20(25)17-11-27-12-22-17/h2-9,11-13H,10H2,1H3,(H,23,26)/t13-/m0/s1. The number of thiazole rings is 1. The summed E-state index contributed by atoms with van der Waals surface area (Å²) in [7, 11) is 0. The van der Waals surface area contributed by atoms with Crippen LogP contribution in [0.1, 0.15) is 18.5 Å². The molecule has 1 atom stereocenters. The Balaban J connectivity index is 1.60. The summed E-state index contributed by atoms with van der Waals surface area (Å²) in [5.41, 5.74) is 5.04. The summed E-state index contributed by atoms with van der Waals surface area (Å²) >= 11 is 1.49. The molecule has 0 bridgehead atoms. The fraction of sp³-hybridized carbons (Fsp3) is 0.150. The van der Waals surface area contributed by atoms with E-state index in [2.05, 4.69) is 15.3 Å². The largest absolute Gasteiger partial charge is 0.348 e. The molecule has 1 amide bonds. The van der Waals surface area contributed by atoms with E-state index in [1.165, 1.54) is 23.5 Å². The zero-order valence-corrected chi connectivity index (χ0v) is 15.4. The Bertz CT molecular complexity index is 1070. The van der Waals surface area contributed by atoms with Crippen molar-refractivity contribution in [1.82, 2.24) is 19.9 Å². The Morgan fingerprint density at radius 1 is 1.22 bits per heavy atom. The third-order valence-electron chi connectivity index (χ3n) is 4.37. The van der Waals surface area contributed by atoms with E-state index in [9.17, 15) is 9.18 Å². The van der Waals surface area contributed by atoms with Gasteiger partial charge in [0.2, 0.25) is 5.91 Å². The molecule has 2 aromatic heterocycles. The topological polar surface area (TPSA) is 59.8 Å². The smallest absolute Gasteiger partial charge is 0.240 e. The zero-order valence-electron chi connectivity index (χ0n) is 14.6. The van der Waals surface area contributed by atoms with Gasteiger partial charge < -0.3 is 9.88 Å². The van der Waals surface area contributed by atoms with Crippen LogP contribution in [0.3, 0.4) is 0 Å². The molecule has 0 unspecified atom stereocenters. The second-order valence-electron chi connectivity index (χ2n) is 6.22. The first-order valence-corrected chi connectivity index (χ1v) is 9.45. The predicted molar refractivity (Wildman–Crippen MR) is 104 cm³/mol. The number of fused-ring (bicyclic) bond motifs is 1. The van der Waals surface area contributed by atoms with Crippen molar-refractivity contribution in [2.24, 2.45) is 0 Å². The first kappa shape index (κ1) is 17.4. The van der Waals surface area contributed by atoms with Crippen LogP contribution in [0.2, 0.25) is 0 Å². The van der Waals surface area contributed by atoms with Crippen LogP contribution in [0.4, 0.5) is 4.39 Å². The third-order valence-corrected chi connectivity index (χ3v) is 4.95. The monoisotopic (exact) mass is 380 g/mol. The van der Waals surface area contributed by atoms with E-state index < -0.39 is 0 Å². The summed E-state index contributed by atoms with van der Waals surface area (Å²) in [6, 6.07) is 13.6. The van der Waals surface area contributed by atoms with Gasteiger partial charge in [0.15, 0.2) is 5.82 Å². The molecule has 27 heavy (non-hydrogen) atoms. The van der Waals surface area contributed by atoms with Crippen LogP contribution in [-0.4, -0.2) is 20.4 Å². The molecule has 7 heteroatoms. The second-order valence-corrected chi connectivity index (χ2v) is 6.94. The van der Waals surface area contributed by atoms with E-state index >= 15 is 0 Å². The molecular formula is C20H17FN4OS. The maximum atomic E-state index is 13.1. The Morgan fingerprint density at radius 2 is 2.00 bits per heavy atom. The molecule has 4 aromatic rings. The summed E-state index contributed by atoms with van der Waals surface area (Å²) in [6.07, 6.45) is 0. The summed E-state index contributed by atoms with van der Waals surface area (Å²) in [4.78, 5) is 21.7. The van der Waals surface area contributed by atoms with Crippen LogP contribution in [-0.2, 0) is 11.3 Å². The molecule has 0 fully saturated rings. The van der Waals surface area contributed by atoms with E-state index in [0.29, 0.717) is 5.82 Å². The van der Waals surface area contributed by atoms with Crippen LogP contribution >= 0.6 is 11.3 Å². The van der Waals surface area contributed by atoms with E-state index in [0.717, 1.165) is 22.3 Å². The average molecular weight is 380 g/mol. The summed E-state index contributed by atoms with van der Waals surface area (Å²) < 4.78 is 15.0. The van der Waals surface area contributed by atoms with E-state index in [-0.39, 0.29) is 24.3 Å². The molecule has 1 N–H and O–H groups in total. The van der Waals surface area contributed by atoms with Crippen molar-refractivity contribution in [3.8, 4) is 11.5 Å². The first-order valence-electron chi connectivity index (χ1n) is 8.50. The quantitative estimate of drug-likeness (QED) is 0.565. The molecule has 0 radical (unpaired) electrons. The van der Waals surface area contributed by atoms with Crippen molar-refractivity contribution < 1.29 is 9.18 Å². The number of hydrogen-bond donors (Lipinski definition) is 1. The molecule has 0 saturated heterocycles. The lowest BCUT2D eigenvalue weighted by atomic mass is 10.1. The number of para-hydroxylation sites is 2. The van der Waals surface area contributed by atoms with Gasteiger partial charge in [-0.3, -0.25) is 4.79 Å². The maximum absolute atomic E-state index is 13.1. The highest BCUT2D eigenvalue weighted by Crippen LogP contribution is 2.24. The molecule has 0 aliphatic rings. The Kier molecular flexibility index (Phi) is 4.68. The number of aromatic nitrogens is 3. The maximum Gasteiger partial charge on any atom is 0.240 e. The number of hydrogen-bond acceptors (Lipinski definition) is 4. The highest BCUT2D eigenvalue weighted by atomic mass is 32.1. The predicted octanol–water partition coefficient (Wildman–Crippen LogP) is 4.18. The van der Waals surface area contributed by atoms with Crippen molar-refractivity contribution in [2.75, 3.05) is 0 Å². The summed E-state index contributed by atoms with van der Waals surface area (Å²) in [6.45, 7) is 2.00. The van der Waals surface area contributed by atoms with Crippen molar-refractivity contribution in [2.45, 2.75) is 19.5 Å². The highest BCUT2D eigenvalue weighted by Gasteiger charge is 2.17. The van der Waals surface area contributed by atoms with E-state index in [4.69, 9.17) is 0 Å². The minimum Gasteiger partial charge on any atom is -0.348 e. The minimum absolute atomic E-state index is 0.124. The van der Waals surface area contributed by atoms with Crippen LogP contribution in [0.15, 0.2) is 59.4 Å². The molecule has 2 heterocycles. The number of halogens is 1. The van der Waals surface area contributed by atoms with Gasteiger partial charge in [-0.2, -0.15) is 0 Å². The molecule has 5 nitrogen and oxygen atoms in total. The second kappa shape index (κ2) is 7.28. The van der Waals surface area contributed by atoms with Gasteiger partial charge in [-0.25, -0.2) is 14.4 Å². The Morgan fingerprint density at radius 3 is 2.74 bits per heavy atom. The number of nitrogens with zero attached hydrogens (tertiary/aromatic N) is 3. The molecule has 136 valence electrons. The van der Waals surface area contributed by atoms with Gasteiger partial charge in [-0.15, -0.1) is 11.3 Å². The molecular weight excluding hydrogens is 363 g/mol. The highest BCUT2D eigenvalue weighted by molar-refractivity contribution is 7.07. The van der Waals surface area contributed by atoms with Crippen LogP contribution in [0.25, 0.3) is 22.6 Å². The van der Waals surface area contributed by atoms with Gasteiger partial charge in [0.05, 0.1) is 22.6 Å². The molecule has 4 rings (SSSR count). The van der Waals surface area contributed by atoms with Crippen LogP contribution in [0.5, 0.6) is 0 Å². The third kappa shape index (κ3) is 3.59. The van der Waals surface area contributed by atoms with Crippen LogP contribution < -0.4 is 5.32 Å². The van der Waals surface area contributed by atoms with Crippen molar-refractivity contribution in [1.29, 1.82) is 0 Å². The van der Waals surface area contributed by atoms with Crippen molar-refractivity contribution in [3.63, 3.8) is 0 Å². The lowest BCUT2D eigenvalue weighted by Gasteiger charge is -2.15. The van der Waals surface area contributed by atoms with Crippen molar-refractivity contribution >= 4 is 28.3 Å². The first-order chi connectivity index (χ1) is 13.1. The van der Waals surface area contributed by atoms with Gasteiger partial charge in [0, 0.05) is 5.38 Å². The van der Waals surface area contributed by atoms with Gasteiger partial charge in [0.1, 0.15) is 18.1 Å². The SMILES string of the molecule is C[C@H](NC(=O)Cn1c(-c2cscn2)nc2ccccc21)c1ccc(F)cc1. The summed E-state index contributed by atoms with van der Waals surface area (Å²) in [5.74, 6) is 0.226. The number of benzene rings is 2. The number of nitrogens with one attached hydrogen (secondary N) is 1. The van der Waals surface area contributed by atoms with Crippen molar-refractivity contribution in [3.05, 3.63) is 70.8 Å². The fourth-order valence-corrected chi connectivity index (χ4v) is 3.55. The molecule has 0 aliphatic carbocycles. The Labute approximate surface area is 159 Å². The van der Waals surface area contributed by atoms with E-state index in [1.807, 2.05) is 41.1 Å². The number of amides is 1. The van der Waals surface area contributed by atoms with Gasteiger partial charge in [-0.05, 0) is 36.8 Å². The normalized spacial score (nSPS) is 12.2. The molecule has 0 spiro atoms. The number of carbonyl (C=O) groups excluding carboxylic acids is 1. The van der Waals surface area contributed by atoms with Gasteiger partial charge in [-0.1, -0.05) is 24.3 Å². The average Bonchev–Trinajstić information content (AvgIpc) is 3.30. The van der Waals surface area contributed by atoms with Gasteiger partial charge >= 0.3 is 0 Å². The number of imidazole rings is 1. The van der Waals surface area contributed by atoms with E-state index in [1.54, 1.807) is 17.6 Å². The lowest BCUT2D eigenvalue weighted by Crippen LogP contribution is -2.30. The van der Waals surface area contributed by atoms with Crippen LogP contribution in [0, 0.1) is 5.82 Å². The summed E-state index contributed by atoms with van der Waals surface area (Å²) in [5, 5.41) is 4.88. The fourth-order valence-electron chi connectivity index (χ4n) is 3.02. The molecule has 0 saturated carbocycles.